The van der Waals surface area contributed by atoms with Crippen molar-refractivity contribution in [3.63, 3.8) is 0 Å². The lowest BCUT2D eigenvalue weighted by atomic mass is 10.6. The summed E-state index contributed by atoms with van der Waals surface area (Å²) in [6.45, 7) is 0. The number of aliphatic imine (C=N–C) groups is 1. The summed E-state index contributed by atoms with van der Waals surface area (Å²) in [7, 11) is 0. The van der Waals surface area contributed by atoms with Gasteiger partial charge in [0.25, 0.3) is 0 Å². The maximum atomic E-state index is 9.82. The van der Waals surface area contributed by atoms with E-state index in [0.717, 1.165) is 0 Å². The summed E-state index contributed by atoms with van der Waals surface area (Å²) in [4.78, 5) is 21.0. The second-order valence-corrected chi connectivity index (χ2v) is 2.38. The predicted molar refractivity (Wildman–Crippen MR) is 41.6 cm³/mol. The number of thioether (sulfide) groups is 1. The molecule has 0 amide bonds. The molecule has 1 aromatic rings. The first kappa shape index (κ1) is 7.91. The molecule has 56 valence electrons. The molecular weight excluding hydrogens is 162 g/mol. The number of isocyanates is 1. The van der Waals surface area contributed by atoms with E-state index in [4.69, 9.17) is 0 Å². The highest BCUT2D eigenvalue weighted by atomic mass is 32.2. The molecule has 0 saturated heterocycles. The van der Waals surface area contributed by atoms with Gasteiger partial charge in [0.1, 0.15) is 0 Å². The van der Waals surface area contributed by atoms with Crippen molar-refractivity contribution in [1.29, 1.82) is 0 Å². The van der Waals surface area contributed by atoms with E-state index in [1.807, 2.05) is 6.26 Å². The molecule has 11 heavy (non-hydrogen) atoms. The van der Waals surface area contributed by atoms with Gasteiger partial charge in [0, 0.05) is 12.3 Å². The first-order valence-electron chi connectivity index (χ1n) is 2.81. The third kappa shape index (κ3) is 2.14. The van der Waals surface area contributed by atoms with Crippen LogP contribution in [0.4, 0.5) is 5.82 Å². The number of nitrogens with zero attached hydrogens (tertiary/aromatic N) is 3. The minimum Gasteiger partial charge on any atom is -0.231 e. The average Bonchev–Trinajstić information content (AvgIpc) is 2.06. The van der Waals surface area contributed by atoms with Gasteiger partial charge in [-0.25, -0.2) is 14.8 Å². The van der Waals surface area contributed by atoms with Crippen LogP contribution >= 0.6 is 11.8 Å². The van der Waals surface area contributed by atoms with Crippen LogP contribution in [-0.2, 0) is 4.79 Å². The Morgan fingerprint density at radius 2 is 2.55 bits per heavy atom. The molecule has 0 spiro atoms. The number of hydrogen-bond acceptors (Lipinski definition) is 5. The molecule has 0 radical (unpaired) electrons. The largest absolute Gasteiger partial charge is 0.242 e. The van der Waals surface area contributed by atoms with Crippen molar-refractivity contribution >= 4 is 23.7 Å². The highest BCUT2D eigenvalue weighted by Gasteiger charge is 1.93. The molecule has 0 aliphatic rings. The van der Waals surface area contributed by atoms with Crippen LogP contribution in [0.2, 0.25) is 0 Å². The fraction of sp³-hybridized carbons (Fsp3) is 0.167. The van der Waals surface area contributed by atoms with Crippen LogP contribution in [0, 0.1) is 0 Å². The summed E-state index contributed by atoms with van der Waals surface area (Å²) >= 11 is 1.40. The molecule has 0 unspecified atom stereocenters. The highest BCUT2D eigenvalue weighted by Crippen LogP contribution is 2.11. The Morgan fingerprint density at radius 1 is 1.73 bits per heavy atom. The van der Waals surface area contributed by atoms with Gasteiger partial charge >= 0.3 is 0 Å². The molecule has 4 nitrogen and oxygen atoms in total. The van der Waals surface area contributed by atoms with Crippen molar-refractivity contribution in [3.8, 4) is 0 Å². The fourth-order valence-corrected chi connectivity index (χ4v) is 0.890. The molecule has 0 fully saturated rings. The van der Waals surface area contributed by atoms with Crippen molar-refractivity contribution in [2.45, 2.75) is 5.16 Å². The van der Waals surface area contributed by atoms with Crippen molar-refractivity contribution in [2.24, 2.45) is 4.99 Å². The number of hydrogen-bond donors (Lipinski definition) is 0. The fourth-order valence-electron chi connectivity index (χ4n) is 0.539. The zero-order chi connectivity index (χ0) is 8.10. The highest BCUT2D eigenvalue weighted by molar-refractivity contribution is 7.98. The standard InChI is InChI=1S/C6H5N3OS/c1-11-6-7-3-2-5(9-6)8-4-10/h2-3H,1H3. The van der Waals surface area contributed by atoms with E-state index < -0.39 is 0 Å². The Morgan fingerprint density at radius 3 is 3.18 bits per heavy atom. The lowest BCUT2D eigenvalue weighted by Gasteiger charge is -1.92. The second kappa shape index (κ2) is 3.85. The van der Waals surface area contributed by atoms with Crippen molar-refractivity contribution < 1.29 is 4.79 Å². The van der Waals surface area contributed by atoms with Crippen molar-refractivity contribution in [1.82, 2.24) is 9.97 Å². The van der Waals surface area contributed by atoms with Gasteiger partial charge in [-0.15, -0.1) is 4.99 Å². The van der Waals surface area contributed by atoms with Gasteiger partial charge in [-0.3, -0.25) is 0 Å². The molecule has 0 aromatic carbocycles. The summed E-state index contributed by atoms with van der Waals surface area (Å²) in [5, 5.41) is 0.599. The zero-order valence-electron chi connectivity index (χ0n) is 5.81. The van der Waals surface area contributed by atoms with E-state index in [9.17, 15) is 4.79 Å². The van der Waals surface area contributed by atoms with E-state index in [1.54, 1.807) is 12.3 Å². The third-order valence-corrected chi connectivity index (χ3v) is 1.52. The summed E-state index contributed by atoms with van der Waals surface area (Å²) in [6.07, 6.45) is 4.81. The van der Waals surface area contributed by atoms with Crippen molar-refractivity contribution in [2.75, 3.05) is 6.26 Å². The Balaban J connectivity index is 3.00. The Bertz CT molecular complexity index is 296. The molecule has 0 aliphatic heterocycles. The van der Waals surface area contributed by atoms with Crippen LogP contribution in [0.25, 0.3) is 0 Å². The van der Waals surface area contributed by atoms with Crippen molar-refractivity contribution in [3.05, 3.63) is 12.3 Å². The zero-order valence-corrected chi connectivity index (χ0v) is 6.63. The molecule has 0 bridgehead atoms. The third-order valence-electron chi connectivity index (χ3n) is 0.962. The maximum absolute atomic E-state index is 9.82. The quantitative estimate of drug-likeness (QED) is 0.287. The van der Waals surface area contributed by atoms with Gasteiger partial charge < -0.3 is 0 Å². The number of carbonyl (C=O) groups excluding carboxylic acids is 1. The van der Waals surface area contributed by atoms with E-state index >= 15 is 0 Å². The summed E-state index contributed by atoms with van der Waals surface area (Å²) in [5.41, 5.74) is 0. The number of rotatable bonds is 2. The van der Waals surface area contributed by atoms with E-state index in [-0.39, 0.29) is 0 Å². The molecule has 0 saturated carbocycles. The Labute approximate surface area is 67.8 Å². The van der Waals surface area contributed by atoms with Gasteiger partial charge in [-0.2, -0.15) is 0 Å². The Hall–Kier alpha value is -1.19. The first-order valence-corrected chi connectivity index (χ1v) is 4.04. The topological polar surface area (TPSA) is 55.2 Å². The van der Waals surface area contributed by atoms with Gasteiger partial charge in [0.15, 0.2) is 11.0 Å². The predicted octanol–water partition coefficient (Wildman–Crippen LogP) is 1.17. The molecule has 5 heteroatoms. The Kier molecular flexibility index (Phi) is 2.77. The van der Waals surface area contributed by atoms with Gasteiger partial charge in [0.05, 0.1) is 0 Å². The first-order chi connectivity index (χ1) is 5.36. The van der Waals surface area contributed by atoms with Gasteiger partial charge in [0.2, 0.25) is 6.08 Å². The van der Waals surface area contributed by atoms with Gasteiger partial charge in [-0.1, -0.05) is 11.8 Å². The minimum absolute atomic E-state index is 0.347. The second-order valence-electron chi connectivity index (χ2n) is 1.60. The van der Waals surface area contributed by atoms with Crippen LogP contribution in [0.5, 0.6) is 0 Å². The lowest BCUT2D eigenvalue weighted by Crippen LogP contribution is -1.82. The van der Waals surface area contributed by atoms with Crippen LogP contribution in [0.1, 0.15) is 0 Å². The molecule has 0 aliphatic carbocycles. The normalized spacial score (nSPS) is 8.82. The van der Waals surface area contributed by atoms with E-state index in [1.165, 1.54) is 17.8 Å². The maximum Gasteiger partial charge on any atom is 0.242 e. The molecule has 0 N–H and O–H groups in total. The molecular formula is C6H5N3OS. The molecule has 1 rings (SSSR count). The van der Waals surface area contributed by atoms with Crippen LogP contribution in [0.15, 0.2) is 22.4 Å². The minimum atomic E-state index is 0.347. The van der Waals surface area contributed by atoms with E-state index in [2.05, 4.69) is 15.0 Å². The smallest absolute Gasteiger partial charge is 0.231 e. The number of aromatic nitrogens is 2. The molecule has 0 atom stereocenters. The summed E-state index contributed by atoms with van der Waals surface area (Å²) in [5.74, 6) is 0.347. The monoisotopic (exact) mass is 167 g/mol. The summed E-state index contributed by atoms with van der Waals surface area (Å²) in [6, 6.07) is 1.55. The average molecular weight is 167 g/mol. The molecule has 1 heterocycles. The SMILES string of the molecule is CSc1nccc(N=C=O)n1. The van der Waals surface area contributed by atoms with E-state index in [0.29, 0.717) is 11.0 Å². The van der Waals surface area contributed by atoms with Crippen LogP contribution < -0.4 is 0 Å². The lowest BCUT2D eigenvalue weighted by molar-refractivity contribution is 0.565. The molecule has 1 aromatic heterocycles. The van der Waals surface area contributed by atoms with Gasteiger partial charge in [-0.05, 0) is 6.26 Å². The van der Waals surface area contributed by atoms with Crippen LogP contribution in [0.3, 0.4) is 0 Å². The van der Waals surface area contributed by atoms with Crippen LogP contribution in [-0.4, -0.2) is 22.3 Å². The summed E-state index contributed by atoms with van der Waals surface area (Å²) < 4.78 is 0.